The van der Waals surface area contributed by atoms with Crippen molar-refractivity contribution in [2.75, 3.05) is 5.73 Å². The van der Waals surface area contributed by atoms with Crippen molar-refractivity contribution < 1.29 is 9.18 Å². The molecule has 6 nitrogen and oxygen atoms in total. The maximum Gasteiger partial charge on any atom is 0.222 e. The first kappa shape index (κ1) is 21.6. The molecule has 1 aliphatic carbocycles. The summed E-state index contributed by atoms with van der Waals surface area (Å²) in [4.78, 5) is 12.3. The van der Waals surface area contributed by atoms with E-state index in [9.17, 15) is 9.18 Å². The fraction of sp³-hybridized carbons (Fsp3) is 0.320. The summed E-state index contributed by atoms with van der Waals surface area (Å²) in [6.07, 6.45) is 2.50. The van der Waals surface area contributed by atoms with E-state index in [2.05, 4.69) is 32.2 Å². The lowest BCUT2D eigenvalue weighted by atomic mass is 9.90. The third-order valence-corrected chi connectivity index (χ3v) is 7.06. The Kier molecular flexibility index (Phi) is 5.62. The van der Waals surface area contributed by atoms with Gasteiger partial charge in [-0.1, -0.05) is 37.3 Å². The van der Waals surface area contributed by atoms with Gasteiger partial charge in [-0.3, -0.25) is 4.79 Å². The zero-order chi connectivity index (χ0) is 23.1. The maximum absolute atomic E-state index is 13.9. The second-order valence-electron chi connectivity index (χ2n) is 8.92. The Labute approximate surface area is 195 Å². The van der Waals surface area contributed by atoms with Crippen LogP contribution < -0.4 is 11.1 Å². The molecule has 0 bridgehead atoms. The molecular formula is C25H26FN5OS. The molecule has 33 heavy (non-hydrogen) atoms. The van der Waals surface area contributed by atoms with E-state index in [0.717, 1.165) is 46.3 Å². The summed E-state index contributed by atoms with van der Waals surface area (Å²) >= 11 is 1.36. The Morgan fingerprint density at radius 2 is 2.12 bits per heavy atom. The van der Waals surface area contributed by atoms with Crippen molar-refractivity contribution in [2.24, 2.45) is 5.92 Å². The number of hydrogen-bond acceptors (Lipinski definition) is 5. The number of carbonyl (C=O) groups excluding carboxylic acids is 1. The zero-order valence-corrected chi connectivity index (χ0v) is 19.5. The van der Waals surface area contributed by atoms with Gasteiger partial charge in [-0.05, 0) is 60.7 Å². The van der Waals surface area contributed by atoms with Crippen LogP contribution in [0, 0.1) is 11.7 Å². The topological polar surface area (TPSA) is 85.8 Å². The molecule has 2 aromatic carbocycles. The Morgan fingerprint density at radius 3 is 2.85 bits per heavy atom. The third-order valence-electron chi connectivity index (χ3n) is 6.25. The predicted octanol–water partition coefficient (Wildman–Crippen LogP) is 4.56. The predicted molar refractivity (Wildman–Crippen MR) is 130 cm³/mol. The number of hydrogen-bond donors (Lipinski definition) is 2. The van der Waals surface area contributed by atoms with Crippen molar-refractivity contribution in [3.63, 3.8) is 0 Å². The van der Waals surface area contributed by atoms with Gasteiger partial charge in [0.05, 0.1) is 0 Å². The molecule has 5 rings (SSSR count). The van der Waals surface area contributed by atoms with Gasteiger partial charge in [0.1, 0.15) is 10.8 Å². The molecule has 2 heterocycles. The van der Waals surface area contributed by atoms with Gasteiger partial charge < -0.3 is 15.6 Å². The summed E-state index contributed by atoms with van der Waals surface area (Å²) in [5, 5.41) is 13.7. The van der Waals surface area contributed by atoms with Gasteiger partial charge in [-0.2, -0.15) is 0 Å². The first-order chi connectivity index (χ1) is 15.9. The number of benzene rings is 2. The normalized spacial score (nSPS) is 15.7. The molecule has 1 atom stereocenters. The first-order valence-corrected chi connectivity index (χ1v) is 12.0. The third kappa shape index (κ3) is 4.23. The standard InChI is InChI=1S/C25H26FN5OS/c1-14(2)23(32)28-18-7-9-22-20(12-18)19-11-16(24-29-30-25(27)33-24)6-8-21(19)31(22)13-15-4-3-5-17(26)10-15/h3-6,8,10-11,14,18H,7,9,12-13H2,1-2H3,(H2,27,30)(H,28,32)/t18-/m1/s1. The largest absolute Gasteiger partial charge is 0.374 e. The van der Waals surface area contributed by atoms with Crippen LogP contribution in [0.4, 0.5) is 9.52 Å². The fourth-order valence-corrected chi connectivity index (χ4v) is 5.23. The number of aromatic nitrogens is 3. The molecule has 0 unspecified atom stereocenters. The lowest BCUT2D eigenvalue weighted by molar-refractivity contribution is -0.124. The second-order valence-corrected chi connectivity index (χ2v) is 9.93. The fourth-order valence-electron chi connectivity index (χ4n) is 4.62. The Morgan fingerprint density at radius 1 is 1.27 bits per heavy atom. The molecule has 170 valence electrons. The van der Waals surface area contributed by atoms with E-state index in [1.807, 2.05) is 26.0 Å². The first-order valence-electron chi connectivity index (χ1n) is 11.2. The van der Waals surface area contributed by atoms with E-state index in [1.54, 1.807) is 12.1 Å². The van der Waals surface area contributed by atoms with E-state index >= 15 is 0 Å². The number of fused-ring (bicyclic) bond motifs is 3. The van der Waals surface area contributed by atoms with E-state index in [-0.39, 0.29) is 23.7 Å². The lowest BCUT2D eigenvalue weighted by Gasteiger charge is -2.26. The number of carbonyl (C=O) groups is 1. The Bertz CT molecular complexity index is 1340. The van der Waals surface area contributed by atoms with Gasteiger partial charge in [0.15, 0.2) is 0 Å². The van der Waals surface area contributed by atoms with Crippen molar-refractivity contribution >= 4 is 33.3 Å². The zero-order valence-electron chi connectivity index (χ0n) is 18.6. The summed E-state index contributed by atoms with van der Waals surface area (Å²) in [7, 11) is 0. The smallest absolute Gasteiger partial charge is 0.222 e. The maximum atomic E-state index is 13.9. The summed E-state index contributed by atoms with van der Waals surface area (Å²) in [5.74, 6) is -0.197. The molecule has 0 saturated heterocycles. The number of nitrogen functional groups attached to an aromatic ring is 1. The molecule has 1 aliphatic rings. The van der Waals surface area contributed by atoms with Crippen LogP contribution >= 0.6 is 11.3 Å². The number of nitrogens with one attached hydrogen (secondary N) is 1. The molecule has 3 N–H and O–H groups in total. The summed E-state index contributed by atoms with van der Waals surface area (Å²) in [6, 6.07) is 13.1. The Hall–Kier alpha value is -3.26. The number of anilines is 1. The van der Waals surface area contributed by atoms with Gasteiger partial charge in [0.25, 0.3) is 0 Å². The van der Waals surface area contributed by atoms with Crippen LogP contribution in [-0.2, 0) is 24.2 Å². The van der Waals surface area contributed by atoms with Crippen molar-refractivity contribution in [1.82, 2.24) is 20.1 Å². The molecule has 2 aromatic heterocycles. The van der Waals surface area contributed by atoms with E-state index < -0.39 is 0 Å². The molecule has 1 amide bonds. The SMILES string of the molecule is CC(C)C(=O)N[C@@H]1CCc2c(c3cc(-c4nnc(N)s4)ccc3n2Cc2cccc(F)c2)C1. The van der Waals surface area contributed by atoms with E-state index in [0.29, 0.717) is 11.7 Å². The average Bonchev–Trinajstić information content (AvgIpc) is 3.35. The van der Waals surface area contributed by atoms with Gasteiger partial charge >= 0.3 is 0 Å². The highest BCUT2D eigenvalue weighted by atomic mass is 32.1. The van der Waals surface area contributed by atoms with Gasteiger partial charge in [0.2, 0.25) is 11.0 Å². The number of nitrogens with two attached hydrogens (primary N) is 1. The Balaban J connectivity index is 1.59. The van der Waals surface area contributed by atoms with Crippen LogP contribution in [0.2, 0.25) is 0 Å². The van der Waals surface area contributed by atoms with Crippen molar-refractivity contribution in [2.45, 2.75) is 45.7 Å². The highest BCUT2D eigenvalue weighted by Gasteiger charge is 2.27. The van der Waals surface area contributed by atoms with Crippen LogP contribution in [0.15, 0.2) is 42.5 Å². The van der Waals surface area contributed by atoms with Gasteiger partial charge in [-0.25, -0.2) is 4.39 Å². The number of rotatable bonds is 5. The van der Waals surface area contributed by atoms with Crippen molar-refractivity contribution in [3.8, 4) is 10.6 Å². The molecule has 8 heteroatoms. The van der Waals surface area contributed by atoms with Crippen LogP contribution in [0.3, 0.4) is 0 Å². The molecular weight excluding hydrogens is 437 g/mol. The molecule has 0 saturated carbocycles. The minimum absolute atomic E-state index is 0.0461. The van der Waals surface area contributed by atoms with Crippen LogP contribution in [-0.4, -0.2) is 26.7 Å². The van der Waals surface area contributed by atoms with E-state index in [1.165, 1.54) is 28.7 Å². The highest BCUT2D eigenvalue weighted by Crippen LogP contribution is 2.36. The highest BCUT2D eigenvalue weighted by molar-refractivity contribution is 7.18. The van der Waals surface area contributed by atoms with Gasteiger partial charge in [0, 0.05) is 40.7 Å². The monoisotopic (exact) mass is 463 g/mol. The van der Waals surface area contributed by atoms with Crippen LogP contribution in [0.1, 0.15) is 37.1 Å². The van der Waals surface area contributed by atoms with Gasteiger partial charge in [-0.15, -0.1) is 10.2 Å². The summed E-state index contributed by atoms with van der Waals surface area (Å²) in [6.45, 7) is 4.42. The lowest BCUT2D eigenvalue weighted by Crippen LogP contribution is -2.41. The second kappa shape index (κ2) is 8.59. The molecule has 0 radical (unpaired) electrons. The number of halogens is 1. The minimum atomic E-state index is -0.231. The van der Waals surface area contributed by atoms with Crippen molar-refractivity contribution in [1.29, 1.82) is 0 Å². The van der Waals surface area contributed by atoms with E-state index in [4.69, 9.17) is 5.73 Å². The van der Waals surface area contributed by atoms with Crippen molar-refractivity contribution in [3.05, 3.63) is 65.1 Å². The molecule has 0 aliphatic heterocycles. The summed E-state index contributed by atoms with van der Waals surface area (Å²) < 4.78 is 16.1. The molecule has 4 aromatic rings. The number of nitrogens with zero attached hydrogens (tertiary/aromatic N) is 3. The summed E-state index contributed by atoms with van der Waals surface area (Å²) in [5.41, 5.74) is 11.3. The number of amides is 1. The average molecular weight is 464 g/mol. The minimum Gasteiger partial charge on any atom is -0.374 e. The quantitative estimate of drug-likeness (QED) is 0.454. The molecule has 0 fully saturated rings. The van der Waals surface area contributed by atoms with Crippen LogP contribution in [0.5, 0.6) is 0 Å². The molecule has 0 spiro atoms. The van der Waals surface area contributed by atoms with Crippen LogP contribution in [0.25, 0.3) is 21.5 Å².